The zero-order valence-corrected chi connectivity index (χ0v) is 15.2. The second-order valence-corrected chi connectivity index (χ2v) is 6.24. The average molecular weight is 422 g/mol. The second-order valence-electron chi connectivity index (χ2n) is 5.02. The summed E-state index contributed by atoms with van der Waals surface area (Å²) in [5.41, 5.74) is -1.80. The molecule has 0 fully saturated rings. The Morgan fingerprint density at radius 3 is 2.52 bits per heavy atom. The van der Waals surface area contributed by atoms with Gasteiger partial charge in [-0.2, -0.15) is 13.2 Å². The summed E-state index contributed by atoms with van der Waals surface area (Å²) in [6.07, 6.45) is -2.89. The van der Waals surface area contributed by atoms with Gasteiger partial charge in [0.05, 0.1) is 15.5 Å². The average Bonchev–Trinajstić information content (AvgIpc) is 2.60. The monoisotopic (exact) mass is 421 g/mol. The van der Waals surface area contributed by atoms with E-state index in [2.05, 4.69) is 0 Å². The number of thioether (sulfide) groups is 1. The van der Waals surface area contributed by atoms with Crippen LogP contribution < -0.4 is 4.74 Å². The van der Waals surface area contributed by atoms with Crippen LogP contribution >= 0.6 is 23.4 Å². The molecule has 0 amide bonds. The first-order valence-electron chi connectivity index (χ1n) is 7.12. The van der Waals surface area contributed by atoms with Crippen LogP contribution in [-0.4, -0.2) is 23.1 Å². The van der Waals surface area contributed by atoms with E-state index in [4.69, 9.17) is 21.1 Å². The van der Waals surface area contributed by atoms with Crippen molar-refractivity contribution in [3.8, 4) is 11.5 Å². The predicted octanol–water partition coefficient (Wildman–Crippen LogP) is 5.54. The Morgan fingerprint density at radius 1 is 1.26 bits per heavy atom. The molecule has 0 radical (unpaired) electrons. The van der Waals surface area contributed by atoms with Crippen LogP contribution in [0.2, 0.25) is 5.02 Å². The fraction of sp³-hybridized carbons (Fsp3) is 0.188. The molecule has 0 atom stereocenters. The Labute approximate surface area is 160 Å². The molecule has 0 bridgehead atoms. The number of alkyl halides is 3. The number of hydrogen-bond acceptors (Lipinski definition) is 6. The number of nitrogens with zero attached hydrogens (tertiary/aromatic N) is 1. The third-order valence-electron chi connectivity index (χ3n) is 3.18. The summed E-state index contributed by atoms with van der Waals surface area (Å²) < 4.78 is 48.3. The lowest BCUT2D eigenvalue weighted by molar-refractivity contribution is -0.385. The van der Waals surface area contributed by atoms with Gasteiger partial charge >= 0.3 is 12.1 Å². The maximum absolute atomic E-state index is 12.7. The molecule has 6 nitrogen and oxygen atoms in total. The molecule has 0 aromatic heterocycles. The van der Waals surface area contributed by atoms with Crippen molar-refractivity contribution in [2.24, 2.45) is 0 Å². The zero-order valence-electron chi connectivity index (χ0n) is 13.6. The van der Waals surface area contributed by atoms with Gasteiger partial charge in [0.1, 0.15) is 23.0 Å². The van der Waals surface area contributed by atoms with E-state index in [1.165, 1.54) is 17.8 Å². The van der Waals surface area contributed by atoms with Crippen molar-refractivity contribution < 1.29 is 32.4 Å². The SMILES string of the molecule is CSCOC(=O)c1cc(Oc2ccc(C(F)(F)F)cc2Cl)ccc1[N+](=O)[O-]. The highest BCUT2D eigenvalue weighted by molar-refractivity contribution is 7.98. The molecular weight excluding hydrogens is 411 g/mol. The van der Waals surface area contributed by atoms with E-state index >= 15 is 0 Å². The molecule has 2 aromatic carbocycles. The first-order valence-corrected chi connectivity index (χ1v) is 8.89. The van der Waals surface area contributed by atoms with Gasteiger partial charge in [-0.25, -0.2) is 4.79 Å². The first-order chi connectivity index (χ1) is 12.6. The summed E-state index contributed by atoms with van der Waals surface area (Å²) in [4.78, 5) is 22.3. The van der Waals surface area contributed by atoms with Crippen molar-refractivity contribution in [1.82, 2.24) is 0 Å². The van der Waals surface area contributed by atoms with E-state index in [0.717, 1.165) is 24.3 Å². The number of carbonyl (C=O) groups excluding carboxylic acids is 1. The molecule has 0 N–H and O–H groups in total. The van der Waals surface area contributed by atoms with Gasteiger partial charge in [0.2, 0.25) is 0 Å². The minimum Gasteiger partial charge on any atom is -0.456 e. The van der Waals surface area contributed by atoms with Crippen molar-refractivity contribution in [3.05, 3.63) is 62.7 Å². The molecule has 0 heterocycles. The van der Waals surface area contributed by atoms with Crippen LogP contribution in [0, 0.1) is 10.1 Å². The number of benzene rings is 2. The van der Waals surface area contributed by atoms with Crippen LogP contribution in [0.4, 0.5) is 18.9 Å². The van der Waals surface area contributed by atoms with Gasteiger partial charge in [-0.15, -0.1) is 11.8 Å². The minimum absolute atomic E-state index is 0.00813. The highest BCUT2D eigenvalue weighted by Gasteiger charge is 2.31. The zero-order chi connectivity index (χ0) is 20.2. The highest BCUT2D eigenvalue weighted by atomic mass is 35.5. The van der Waals surface area contributed by atoms with Gasteiger partial charge in [0, 0.05) is 12.1 Å². The Morgan fingerprint density at radius 2 is 1.96 bits per heavy atom. The number of rotatable bonds is 6. The van der Waals surface area contributed by atoms with E-state index in [1.54, 1.807) is 6.26 Å². The summed E-state index contributed by atoms with van der Waals surface area (Å²) in [5.74, 6) is -1.08. The lowest BCUT2D eigenvalue weighted by atomic mass is 10.1. The molecule has 0 saturated heterocycles. The summed E-state index contributed by atoms with van der Waals surface area (Å²) >= 11 is 7.01. The maximum atomic E-state index is 12.7. The van der Waals surface area contributed by atoms with Gasteiger partial charge in [-0.1, -0.05) is 11.6 Å². The summed E-state index contributed by atoms with van der Waals surface area (Å²) in [5, 5.41) is 10.8. The maximum Gasteiger partial charge on any atom is 0.416 e. The fourth-order valence-electron chi connectivity index (χ4n) is 1.98. The quantitative estimate of drug-likeness (QED) is 0.264. The Bertz CT molecular complexity index is 876. The van der Waals surface area contributed by atoms with Crippen molar-refractivity contribution in [2.75, 3.05) is 12.2 Å². The van der Waals surface area contributed by atoms with Crippen LogP contribution in [0.5, 0.6) is 11.5 Å². The Kier molecular flexibility index (Phi) is 6.55. The van der Waals surface area contributed by atoms with Gasteiger partial charge in [-0.3, -0.25) is 10.1 Å². The molecule has 11 heteroatoms. The Hall–Kier alpha value is -2.46. The van der Waals surface area contributed by atoms with E-state index in [0.29, 0.717) is 6.07 Å². The van der Waals surface area contributed by atoms with Crippen LogP contribution in [0.3, 0.4) is 0 Å². The molecule has 2 rings (SSSR count). The molecule has 144 valence electrons. The van der Waals surface area contributed by atoms with Gasteiger partial charge < -0.3 is 9.47 Å². The predicted molar refractivity (Wildman–Crippen MR) is 93.4 cm³/mol. The van der Waals surface area contributed by atoms with Crippen molar-refractivity contribution in [2.45, 2.75) is 6.18 Å². The molecule has 0 saturated carbocycles. The number of nitro groups is 1. The molecule has 27 heavy (non-hydrogen) atoms. The first kappa shape index (κ1) is 20.8. The van der Waals surface area contributed by atoms with E-state index in [9.17, 15) is 28.1 Å². The van der Waals surface area contributed by atoms with Crippen molar-refractivity contribution in [1.29, 1.82) is 0 Å². The third kappa shape index (κ3) is 5.27. The van der Waals surface area contributed by atoms with Crippen LogP contribution in [0.25, 0.3) is 0 Å². The topological polar surface area (TPSA) is 78.7 Å². The van der Waals surface area contributed by atoms with Gasteiger partial charge in [0.25, 0.3) is 5.69 Å². The summed E-state index contributed by atoms with van der Waals surface area (Å²) in [7, 11) is 0. The molecule has 0 aliphatic heterocycles. The van der Waals surface area contributed by atoms with Gasteiger partial charge in [-0.05, 0) is 30.5 Å². The van der Waals surface area contributed by atoms with Crippen molar-refractivity contribution >= 4 is 35.0 Å². The highest BCUT2D eigenvalue weighted by Crippen LogP contribution is 2.37. The second kappa shape index (κ2) is 8.49. The summed E-state index contributed by atoms with van der Waals surface area (Å²) in [6.45, 7) is 0. The number of nitro benzene ring substituents is 1. The minimum atomic E-state index is -4.57. The Balaban J connectivity index is 2.34. The van der Waals surface area contributed by atoms with Crippen LogP contribution in [-0.2, 0) is 10.9 Å². The van der Waals surface area contributed by atoms with Crippen LogP contribution in [0.1, 0.15) is 15.9 Å². The molecule has 0 aliphatic rings. The van der Waals surface area contributed by atoms with E-state index < -0.39 is 28.3 Å². The summed E-state index contributed by atoms with van der Waals surface area (Å²) in [6, 6.07) is 5.77. The lowest BCUT2D eigenvalue weighted by Crippen LogP contribution is -2.08. The fourth-order valence-corrected chi connectivity index (χ4v) is 2.42. The molecule has 0 aliphatic carbocycles. The standard InChI is InChI=1S/C16H11ClF3NO5S/c1-27-8-25-15(22)11-7-10(3-4-13(11)21(23)24)26-14-5-2-9(6-12(14)17)16(18,19)20/h2-7H,8H2,1H3. The van der Waals surface area contributed by atoms with Crippen LogP contribution in [0.15, 0.2) is 36.4 Å². The van der Waals surface area contributed by atoms with E-state index in [1.807, 2.05) is 0 Å². The lowest BCUT2D eigenvalue weighted by Gasteiger charge is -2.12. The van der Waals surface area contributed by atoms with Crippen molar-refractivity contribution in [3.63, 3.8) is 0 Å². The molecule has 2 aromatic rings. The number of esters is 1. The number of ether oxygens (including phenoxy) is 2. The van der Waals surface area contributed by atoms with Gasteiger partial charge in [0.15, 0.2) is 0 Å². The number of halogens is 4. The largest absolute Gasteiger partial charge is 0.456 e. The number of carbonyl (C=O) groups is 1. The molecule has 0 spiro atoms. The smallest absolute Gasteiger partial charge is 0.416 e. The number of hydrogen-bond donors (Lipinski definition) is 0. The normalized spacial score (nSPS) is 11.1. The molecular formula is C16H11ClF3NO5S. The molecule has 0 unspecified atom stereocenters. The van der Waals surface area contributed by atoms with E-state index in [-0.39, 0.29) is 28.0 Å². The third-order valence-corrected chi connectivity index (χ3v) is 3.83.